The molecule has 0 saturated carbocycles. The second-order valence-electron chi connectivity index (χ2n) is 11.6. The zero-order chi connectivity index (χ0) is 24.7. The lowest BCUT2D eigenvalue weighted by molar-refractivity contribution is -0.906. The van der Waals surface area contributed by atoms with Crippen LogP contribution in [-0.4, -0.2) is 56.2 Å². The van der Waals surface area contributed by atoms with Gasteiger partial charge in [-0.1, -0.05) is 58.9 Å². The van der Waals surface area contributed by atoms with Crippen LogP contribution in [0.25, 0.3) is 0 Å². The maximum Gasteiger partial charge on any atom is 0.126 e. The Morgan fingerprint density at radius 1 is 0.909 bits per heavy atom. The van der Waals surface area contributed by atoms with Crippen molar-refractivity contribution in [2.75, 3.05) is 40.5 Å². The highest BCUT2D eigenvalue weighted by molar-refractivity contribution is 5.31. The zero-order valence-electron chi connectivity index (χ0n) is 21.5. The third-order valence-corrected chi connectivity index (χ3v) is 5.64. The molecule has 0 saturated heterocycles. The Balaban J connectivity index is 1.69. The minimum atomic E-state index is -0.579. The Morgan fingerprint density at radius 3 is 2.09 bits per heavy atom. The monoisotopic (exact) mass is 460 g/mol. The molecule has 1 N–H and O–H groups in total. The van der Waals surface area contributed by atoms with Crippen LogP contribution in [0.4, 0.5) is 4.39 Å². The van der Waals surface area contributed by atoms with E-state index < -0.39 is 6.10 Å². The number of likely N-dealkylation sites (N-methyl/N-ethyl adjacent to an activating group) is 1. The van der Waals surface area contributed by atoms with E-state index in [4.69, 9.17) is 9.47 Å². The number of rotatable bonds is 12. The summed E-state index contributed by atoms with van der Waals surface area (Å²) in [7, 11) is 4.09. The summed E-state index contributed by atoms with van der Waals surface area (Å²) in [5.74, 6) is 0.589. The highest BCUT2D eigenvalue weighted by atomic mass is 19.1. The van der Waals surface area contributed by atoms with Gasteiger partial charge in [-0.25, -0.2) is 4.39 Å². The number of quaternary nitrogens is 1. The van der Waals surface area contributed by atoms with Gasteiger partial charge in [0.2, 0.25) is 0 Å². The molecule has 5 heteroatoms. The average Bonchev–Trinajstić information content (AvgIpc) is 2.67. The molecule has 0 amide bonds. The number of hydrogen-bond donors (Lipinski definition) is 1. The van der Waals surface area contributed by atoms with Crippen molar-refractivity contribution >= 4 is 0 Å². The van der Waals surface area contributed by atoms with Gasteiger partial charge in [0.25, 0.3) is 0 Å². The molecule has 0 aliphatic rings. The van der Waals surface area contributed by atoms with E-state index >= 15 is 0 Å². The van der Waals surface area contributed by atoms with Crippen LogP contribution in [0.5, 0.6) is 5.75 Å². The summed E-state index contributed by atoms with van der Waals surface area (Å²) in [4.78, 5) is 0. The predicted octanol–water partition coefficient (Wildman–Crippen LogP) is 5.57. The summed E-state index contributed by atoms with van der Waals surface area (Å²) in [5.41, 5.74) is 2.73. The normalized spacial score (nSPS) is 13.7. The molecular formula is C28H43FNO3+. The molecule has 2 rings (SSSR count). The lowest BCUT2D eigenvalue weighted by atomic mass is 9.72. The molecule has 0 bridgehead atoms. The van der Waals surface area contributed by atoms with Crippen LogP contribution < -0.4 is 4.74 Å². The first-order valence-corrected chi connectivity index (χ1v) is 11.8. The van der Waals surface area contributed by atoms with Crippen LogP contribution in [0.3, 0.4) is 0 Å². The molecular weight excluding hydrogens is 417 g/mol. The zero-order valence-corrected chi connectivity index (χ0v) is 21.5. The van der Waals surface area contributed by atoms with Gasteiger partial charge in [0, 0.05) is 5.56 Å². The number of aliphatic hydroxyl groups excluding tert-OH is 1. The van der Waals surface area contributed by atoms with Crippen LogP contribution in [-0.2, 0) is 16.7 Å². The van der Waals surface area contributed by atoms with Crippen LogP contribution in [0.2, 0.25) is 0 Å². The van der Waals surface area contributed by atoms with Gasteiger partial charge in [0.05, 0.1) is 27.3 Å². The second kappa shape index (κ2) is 11.5. The van der Waals surface area contributed by atoms with Crippen LogP contribution >= 0.6 is 0 Å². The average molecular weight is 461 g/mol. The van der Waals surface area contributed by atoms with Gasteiger partial charge < -0.3 is 19.1 Å². The third kappa shape index (κ3) is 10.2. The first-order chi connectivity index (χ1) is 15.3. The van der Waals surface area contributed by atoms with E-state index in [9.17, 15) is 9.50 Å². The van der Waals surface area contributed by atoms with Crippen molar-refractivity contribution < 1.29 is 23.5 Å². The Bertz CT molecular complexity index is 839. The molecule has 0 heterocycles. The van der Waals surface area contributed by atoms with Gasteiger partial charge in [-0.3, -0.25) is 0 Å². The standard InChI is InChI=1S/C28H43FNO3/c1-27(2,3)21-28(4,5)23-10-14-26(15-11-23)33-17-16-32-20-25(31)19-30(6,7)18-22-8-12-24(29)13-9-22/h8-15,25,31H,16-21H2,1-7H3/q+1/t25-/m1/s1. The van der Waals surface area contributed by atoms with Crippen molar-refractivity contribution in [3.05, 3.63) is 65.5 Å². The van der Waals surface area contributed by atoms with Crippen molar-refractivity contribution in [2.24, 2.45) is 5.41 Å². The van der Waals surface area contributed by atoms with E-state index in [-0.39, 0.29) is 23.3 Å². The largest absolute Gasteiger partial charge is 0.491 e. The van der Waals surface area contributed by atoms with Crippen molar-refractivity contribution in [2.45, 2.75) is 59.1 Å². The first kappa shape index (κ1) is 27.3. The van der Waals surface area contributed by atoms with Crippen molar-refractivity contribution in [3.63, 3.8) is 0 Å². The highest BCUT2D eigenvalue weighted by Gasteiger charge is 2.27. The van der Waals surface area contributed by atoms with Gasteiger partial charge >= 0.3 is 0 Å². The maximum absolute atomic E-state index is 13.1. The Kier molecular flexibility index (Phi) is 9.48. The lowest BCUT2D eigenvalue weighted by Gasteiger charge is -2.33. The number of halogens is 1. The van der Waals surface area contributed by atoms with Gasteiger partial charge in [0.1, 0.15) is 37.4 Å². The molecule has 184 valence electrons. The molecule has 1 atom stereocenters. The van der Waals surface area contributed by atoms with Gasteiger partial charge in [0.15, 0.2) is 0 Å². The Labute approximate surface area is 199 Å². The molecule has 2 aromatic carbocycles. The summed E-state index contributed by atoms with van der Waals surface area (Å²) >= 11 is 0. The SMILES string of the molecule is CC(C)(C)CC(C)(C)c1ccc(OCCOC[C@H](O)C[N+](C)(C)Cc2ccc(F)cc2)cc1. The van der Waals surface area contributed by atoms with E-state index in [1.165, 1.54) is 17.7 Å². The molecule has 0 radical (unpaired) electrons. The van der Waals surface area contributed by atoms with Crippen LogP contribution in [0.1, 0.15) is 52.2 Å². The number of aliphatic hydroxyl groups is 1. The topological polar surface area (TPSA) is 38.7 Å². The molecule has 0 unspecified atom stereocenters. The maximum atomic E-state index is 13.1. The summed E-state index contributed by atoms with van der Waals surface area (Å²) in [6, 6.07) is 14.8. The van der Waals surface area contributed by atoms with E-state index in [0.717, 1.165) is 17.7 Å². The smallest absolute Gasteiger partial charge is 0.126 e. The molecule has 0 aliphatic heterocycles. The molecule has 0 fully saturated rings. The molecule has 2 aromatic rings. The van der Waals surface area contributed by atoms with Gasteiger partial charge in [-0.05, 0) is 47.1 Å². The molecule has 0 aromatic heterocycles. The van der Waals surface area contributed by atoms with Crippen molar-refractivity contribution in [1.82, 2.24) is 0 Å². The van der Waals surface area contributed by atoms with Gasteiger partial charge in [-0.2, -0.15) is 0 Å². The Morgan fingerprint density at radius 2 is 1.52 bits per heavy atom. The fourth-order valence-corrected chi connectivity index (χ4v) is 4.64. The lowest BCUT2D eigenvalue weighted by Crippen LogP contribution is -2.46. The molecule has 4 nitrogen and oxygen atoms in total. The van der Waals surface area contributed by atoms with Crippen LogP contribution in [0.15, 0.2) is 48.5 Å². The van der Waals surface area contributed by atoms with E-state index in [1.807, 2.05) is 26.2 Å². The van der Waals surface area contributed by atoms with Crippen molar-refractivity contribution in [3.8, 4) is 5.75 Å². The number of nitrogens with zero attached hydrogens (tertiary/aromatic N) is 1. The van der Waals surface area contributed by atoms with E-state index in [2.05, 4.69) is 46.8 Å². The molecule has 33 heavy (non-hydrogen) atoms. The number of benzene rings is 2. The number of ether oxygens (including phenoxy) is 2. The summed E-state index contributed by atoms with van der Waals surface area (Å²) in [6.07, 6.45) is 0.528. The fraction of sp³-hybridized carbons (Fsp3) is 0.571. The molecule has 0 aliphatic carbocycles. The van der Waals surface area contributed by atoms with E-state index in [0.29, 0.717) is 30.8 Å². The summed E-state index contributed by atoms with van der Waals surface area (Å²) in [6.45, 7) is 13.8. The van der Waals surface area contributed by atoms with Gasteiger partial charge in [-0.15, -0.1) is 0 Å². The first-order valence-electron chi connectivity index (χ1n) is 11.8. The Hall–Kier alpha value is -1.95. The molecule has 0 spiro atoms. The van der Waals surface area contributed by atoms with Crippen molar-refractivity contribution in [1.29, 1.82) is 0 Å². The quantitative estimate of drug-likeness (QED) is 0.332. The highest BCUT2D eigenvalue weighted by Crippen LogP contribution is 2.36. The minimum absolute atomic E-state index is 0.110. The van der Waals surface area contributed by atoms with Crippen LogP contribution in [0, 0.1) is 11.2 Å². The second-order valence-corrected chi connectivity index (χ2v) is 11.6. The fourth-order valence-electron chi connectivity index (χ4n) is 4.64. The predicted molar refractivity (Wildman–Crippen MR) is 133 cm³/mol. The summed E-state index contributed by atoms with van der Waals surface area (Å²) < 4.78 is 25.1. The number of hydrogen-bond acceptors (Lipinski definition) is 3. The summed E-state index contributed by atoms with van der Waals surface area (Å²) in [5, 5.41) is 10.4. The third-order valence-electron chi connectivity index (χ3n) is 5.64. The van der Waals surface area contributed by atoms with E-state index in [1.54, 1.807) is 12.1 Å². The minimum Gasteiger partial charge on any atom is -0.491 e.